The second kappa shape index (κ2) is 10.6. The lowest BCUT2D eigenvalue weighted by Crippen LogP contribution is -2.23. The molecular formula is C39H33N5O. The first-order valence-corrected chi connectivity index (χ1v) is 15.3. The van der Waals surface area contributed by atoms with Gasteiger partial charge in [0, 0.05) is 42.2 Å². The SMILES string of the molecule is CC(C)(C)c1ccnc(C2c3ccccc3-c3ccc(Oc4cc(N5CN(c6ccncc6)c6ccccc65)ccn4)cc32)c1. The van der Waals surface area contributed by atoms with E-state index in [-0.39, 0.29) is 11.3 Å². The molecular weight excluding hydrogens is 554 g/mol. The standard InChI is InChI=1S/C39H33N5O/c1-39(2,3)26-14-20-41-34(22-26)38-32-9-5-4-8-30(32)31-13-12-29(24-33(31)38)45-37-23-28(17-21-42-37)44-25-43(27-15-18-40-19-16-27)35-10-6-7-11-36(35)44/h4-24,38H,25H2,1-3H3. The number of rotatable bonds is 5. The molecule has 1 aliphatic carbocycles. The van der Waals surface area contributed by atoms with Gasteiger partial charge in [-0.1, -0.05) is 63.2 Å². The van der Waals surface area contributed by atoms with Crippen molar-refractivity contribution in [1.82, 2.24) is 15.0 Å². The number of fused-ring (bicyclic) bond motifs is 4. The molecule has 6 aromatic rings. The average Bonchev–Trinajstić information content (AvgIpc) is 3.61. The largest absolute Gasteiger partial charge is 0.439 e. The average molecular weight is 588 g/mol. The molecule has 6 heteroatoms. The summed E-state index contributed by atoms with van der Waals surface area (Å²) in [5.41, 5.74) is 11.7. The highest BCUT2D eigenvalue weighted by molar-refractivity contribution is 5.87. The molecule has 0 saturated heterocycles. The Morgan fingerprint density at radius 3 is 2.13 bits per heavy atom. The first kappa shape index (κ1) is 27.1. The normalized spacial score (nSPS) is 15.0. The summed E-state index contributed by atoms with van der Waals surface area (Å²) in [6.07, 6.45) is 7.42. The van der Waals surface area contributed by atoms with Crippen molar-refractivity contribution in [1.29, 1.82) is 0 Å². The predicted molar refractivity (Wildman–Crippen MR) is 180 cm³/mol. The molecule has 45 heavy (non-hydrogen) atoms. The zero-order valence-electron chi connectivity index (χ0n) is 25.6. The molecule has 1 atom stereocenters. The van der Waals surface area contributed by atoms with Gasteiger partial charge in [0.2, 0.25) is 5.88 Å². The molecule has 6 nitrogen and oxygen atoms in total. The summed E-state index contributed by atoms with van der Waals surface area (Å²) in [5.74, 6) is 1.33. The predicted octanol–water partition coefficient (Wildman–Crippen LogP) is 9.37. The fourth-order valence-electron chi connectivity index (χ4n) is 6.56. The minimum atomic E-state index is 0.0293. The fraction of sp³-hybridized carbons (Fsp3) is 0.154. The second-order valence-electron chi connectivity index (χ2n) is 12.6. The molecule has 1 aliphatic heterocycles. The minimum absolute atomic E-state index is 0.0293. The van der Waals surface area contributed by atoms with Crippen LogP contribution in [0.15, 0.2) is 128 Å². The van der Waals surface area contributed by atoms with Crippen molar-refractivity contribution in [3.8, 4) is 22.8 Å². The summed E-state index contributed by atoms with van der Waals surface area (Å²) >= 11 is 0. The van der Waals surface area contributed by atoms with E-state index in [1.807, 2.05) is 55.1 Å². The maximum atomic E-state index is 6.48. The van der Waals surface area contributed by atoms with Crippen LogP contribution in [0.4, 0.5) is 22.7 Å². The number of benzene rings is 3. The van der Waals surface area contributed by atoms with E-state index in [0.29, 0.717) is 12.5 Å². The van der Waals surface area contributed by atoms with Crippen molar-refractivity contribution in [2.75, 3.05) is 16.5 Å². The van der Waals surface area contributed by atoms with Crippen LogP contribution >= 0.6 is 0 Å². The van der Waals surface area contributed by atoms with E-state index in [2.05, 4.69) is 113 Å². The Balaban J connectivity index is 1.13. The lowest BCUT2D eigenvalue weighted by molar-refractivity contribution is 0.462. The van der Waals surface area contributed by atoms with Crippen molar-refractivity contribution in [3.63, 3.8) is 0 Å². The van der Waals surface area contributed by atoms with Crippen LogP contribution in [0.5, 0.6) is 11.6 Å². The number of nitrogens with zero attached hydrogens (tertiary/aromatic N) is 5. The molecule has 4 heterocycles. The Hall–Kier alpha value is -5.49. The number of aromatic nitrogens is 3. The van der Waals surface area contributed by atoms with Crippen LogP contribution in [0.1, 0.15) is 49.1 Å². The van der Waals surface area contributed by atoms with Gasteiger partial charge in [-0.15, -0.1) is 0 Å². The van der Waals surface area contributed by atoms with Gasteiger partial charge < -0.3 is 14.5 Å². The zero-order chi connectivity index (χ0) is 30.5. The minimum Gasteiger partial charge on any atom is -0.439 e. The van der Waals surface area contributed by atoms with E-state index in [1.165, 1.54) is 27.8 Å². The molecule has 0 saturated carbocycles. The molecule has 0 fully saturated rings. The Morgan fingerprint density at radius 2 is 1.33 bits per heavy atom. The Bertz CT molecular complexity index is 2030. The molecule has 1 unspecified atom stereocenters. The third-order valence-electron chi connectivity index (χ3n) is 8.81. The van der Waals surface area contributed by atoms with Crippen LogP contribution in [-0.2, 0) is 5.41 Å². The van der Waals surface area contributed by atoms with Crippen molar-refractivity contribution in [3.05, 3.63) is 150 Å². The van der Waals surface area contributed by atoms with Gasteiger partial charge in [-0.25, -0.2) is 4.98 Å². The Morgan fingerprint density at radius 1 is 0.644 bits per heavy atom. The van der Waals surface area contributed by atoms with Gasteiger partial charge >= 0.3 is 0 Å². The second-order valence-corrected chi connectivity index (χ2v) is 12.6. The highest BCUT2D eigenvalue weighted by Gasteiger charge is 2.32. The molecule has 0 radical (unpaired) electrons. The first-order chi connectivity index (χ1) is 21.9. The fourth-order valence-corrected chi connectivity index (χ4v) is 6.56. The Labute approximate surface area is 263 Å². The number of anilines is 4. The van der Waals surface area contributed by atoms with Gasteiger partial charge in [0.1, 0.15) is 12.4 Å². The van der Waals surface area contributed by atoms with E-state index < -0.39 is 0 Å². The van der Waals surface area contributed by atoms with Crippen molar-refractivity contribution < 1.29 is 4.74 Å². The van der Waals surface area contributed by atoms with E-state index in [0.717, 1.165) is 34.2 Å². The van der Waals surface area contributed by atoms with E-state index in [1.54, 1.807) is 0 Å². The zero-order valence-corrected chi connectivity index (χ0v) is 25.6. The lowest BCUT2D eigenvalue weighted by Gasteiger charge is -2.22. The molecule has 8 rings (SSSR count). The smallest absolute Gasteiger partial charge is 0.221 e. The van der Waals surface area contributed by atoms with Gasteiger partial charge in [-0.2, -0.15) is 0 Å². The monoisotopic (exact) mass is 587 g/mol. The molecule has 2 aliphatic rings. The quantitative estimate of drug-likeness (QED) is 0.200. The van der Waals surface area contributed by atoms with Crippen LogP contribution in [0, 0.1) is 0 Å². The molecule has 0 bridgehead atoms. The van der Waals surface area contributed by atoms with Crippen LogP contribution in [0.2, 0.25) is 0 Å². The Kier molecular flexibility index (Phi) is 6.38. The summed E-state index contributed by atoms with van der Waals surface area (Å²) in [5, 5.41) is 0. The number of hydrogen-bond donors (Lipinski definition) is 0. The van der Waals surface area contributed by atoms with E-state index in [4.69, 9.17) is 9.72 Å². The van der Waals surface area contributed by atoms with Crippen LogP contribution in [0.3, 0.4) is 0 Å². The van der Waals surface area contributed by atoms with E-state index in [9.17, 15) is 0 Å². The summed E-state index contributed by atoms with van der Waals surface area (Å²) in [7, 11) is 0. The maximum Gasteiger partial charge on any atom is 0.221 e. The lowest BCUT2D eigenvalue weighted by atomic mass is 9.85. The number of hydrogen-bond acceptors (Lipinski definition) is 6. The van der Waals surface area contributed by atoms with Crippen molar-refractivity contribution >= 4 is 22.7 Å². The molecule has 3 aromatic heterocycles. The summed E-state index contributed by atoms with van der Waals surface area (Å²) in [4.78, 5) is 18.3. The van der Waals surface area contributed by atoms with Crippen LogP contribution in [0.25, 0.3) is 11.1 Å². The third kappa shape index (κ3) is 4.79. The summed E-state index contributed by atoms with van der Waals surface area (Å²) in [6, 6.07) is 36.0. The number of pyridine rings is 3. The van der Waals surface area contributed by atoms with Crippen LogP contribution in [-0.4, -0.2) is 21.6 Å². The number of para-hydroxylation sites is 2. The molecule has 0 spiro atoms. The van der Waals surface area contributed by atoms with Crippen LogP contribution < -0.4 is 14.5 Å². The molecule has 0 amide bonds. The molecule has 220 valence electrons. The van der Waals surface area contributed by atoms with Gasteiger partial charge in [-0.3, -0.25) is 9.97 Å². The summed E-state index contributed by atoms with van der Waals surface area (Å²) in [6.45, 7) is 7.40. The van der Waals surface area contributed by atoms with Gasteiger partial charge in [0.05, 0.1) is 23.0 Å². The van der Waals surface area contributed by atoms with Crippen molar-refractivity contribution in [2.45, 2.75) is 32.1 Å². The first-order valence-electron chi connectivity index (χ1n) is 15.3. The van der Waals surface area contributed by atoms with Gasteiger partial charge in [-0.05, 0) is 87.8 Å². The van der Waals surface area contributed by atoms with E-state index >= 15 is 0 Å². The van der Waals surface area contributed by atoms with Gasteiger partial charge in [0.25, 0.3) is 0 Å². The number of ether oxygens (including phenoxy) is 1. The highest BCUT2D eigenvalue weighted by atomic mass is 16.5. The van der Waals surface area contributed by atoms with Crippen molar-refractivity contribution in [2.24, 2.45) is 0 Å². The molecule has 0 N–H and O–H groups in total. The topological polar surface area (TPSA) is 54.4 Å². The maximum absolute atomic E-state index is 6.48. The molecule has 3 aromatic carbocycles. The highest BCUT2D eigenvalue weighted by Crippen LogP contribution is 2.49. The third-order valence-corrected chi connectivity index (χ3v) is 8.81. The van der Waals surface area contributed by atoms with Gasteiger partial charge in [0.15, 0.2) is 0 Å². The summed E-state index contributed by atoms with van der Waals surface area (Å²) < 4.78 is 6.48.